The first-order chi connectivity index (χ1) is 10.4. The number of nitrogens with zero attached hydrogens (tertiary/aromatic N) is 3. The van der Waals surface area contributed by atoms with Gasteiger partial charge in [-0.05, 0) is 12.5 Å². The molecule has 2 heterocycles. The van der Waals surface area contributed by atoms with Gasteiger partial charge in [-0.25, -0.2) is 9.67 Å². The quantitative estimate of drug-likeness (QED) is 0.911. The SMILES string of the molecule is COc1ccccc1/C=C\CN[C@H]1CCc2ncnn2C1. The zero-order valence-electron chi connectivity index (χ0n) is 12.2. The Morgan fingerprint density at radius 1 is 1.43 bits per heavy atom. The Labute approximate surface area is 124 Å². The minimum absolute atomic E-state index is 0.460. The van der Waals surface area contributed by atoms with Crippen molar-refractivity contribution in [1.29, 1.82) is 0 Å². The second-order valence-corrected chi connectivity index (χ2v) is 5.15. The lowest BCUT2D eigenvalue weighted by Crippen LogP contribution is -2.37. The summed E-state index contributed by atoms with van der Waals surface area (Å²) in [6.07, 6.45) is 7.97. The van der Waals surface area contributed by atoms with Crippen LogP contribution in [0.1, 0.15) is 17.8 Å². The monoisotopic (exact) mass is 284 g/mol. The summed E-state index contributed by atoms with van der Waals surface area (Å²) in [5, 5.41) is 7.78. The summed E-state index contributed by atoms with van der Waals surface area (Å²) in [5.74, 6) is 2.00. The van der Waals surface area contributed by atoms with E-state index in [1.165, 1.54) is 0 Å². The number of para-hydroxylation sites is 1. The van der Waals surface area contributed by atoms with Crippen molar-refractivity contribution >= 4 is 6.08 Å². The molecule has 0 spiro atoms. The van der Waals surface area contributed by atoms with Crippen molar-refractivity contribution in [3.05, 3.63) is 48.1 Å². The van der Waals surface area contributed by atoms with E-state index in [0.717, 1.165) is 43.1 Å². The molecule has 5 heteroatoms. The van der Waals surface area contributed by atoms with Crippen LogP contribution < -0.4 is 10.1 Å². The molecule has 0 bridgehead atoms. The molecule has 0 saturated carbocycles. The molecule has 1 aliphatic rings. The fourth-order valence-corrected chi connectivity index (χ4v) is 2.63. The lowest BCUT2D eigenvalue weighted by Gasteiger charge is -2.23. The standard InChI is InChI=1S/C16H20N4O/c1-21-15-7-3-2-5-13(15)6-4-10-17-14-8-9-16-18-12-19-20(16)11-14/h2-7,12,14,17H,8-11H2,1H3/b6-4-/t14-/m0/s1. The largest absolute Gasteiger partial charge is 0.496 e. The van der Waals surface area contributed by atoms with Crippen LogP contribution in [0.3, 0.4) is 0 Å². The van der Waals surface area contributed by atoms with Crippen LogP contribution in [-0.2, 0) is 13.0 Å². The maximum absolute atomic E-state index is 5.33. The number of methoxy groups -OCH3 is 1. The molecule has 0 unspecified atom stereocenters. The molecule has 1 aliphatic heterocycles. The molecule has 0 saturated heterocycles. The van der Waals surface area contributed by atoms with Crippen LogP contribution >= 0.6 is 0 Å². The number of rotatable bonds is 5. The summed E-state index contributed by atoms with van der Waals surface area (Å²) >= 11 is 0. The van der Waals surface area contributed by atoms with Gasteiger partial charge in [-0.2, -0.15) is 5.10 Å². The Bertz CT molecular complexity index is 620. The van der Waals surface area contributed by atoms with Crippen molar-refractivity contribution in [2.45, 2.75) is 25.4 Å². The Hall–Kier alpha value is -2.14. The van der Waals surface area contributed by atoms with E-state index in [9.17, 15) is 0 Å². The Kier molecular flexibility index (Phi) is 4.31. The van der Waals surface area contributed by atoms with Gasteiger partial charge in [-0.15, -0.1) is 0 Å². The molecule has 1 atom stereocenters. The predicted molar refractivity (Wildman–Crippen MR) is 82.2 cm³/mol. The van der Waals surface area contributed by atoms with E-state index in [4.69, 9.17) is 4.74 Å². The molecule has 3 rings (SSSR count). The van der Waals surface area contributed by atoms with Crippen molar-refractivity contribution in [3.63, 3.8) is 0 Å². The maximum atomic E-state index is 5.33. The smallest absolute Gasteiger partial charge is 0.138 e. The highest BCUT2D eigenvalue weighted by molar-refractivity contribution is 5.57. The number of aryl methyl sites for hydroxylation is 1. The second-order valence-electron chi connectivity index (χ2n) is 5.15. The van der Waals surface area contributed by atoms with Crippen LogP contribution in [-0.4, -0.2) is 34.5 Å². The third kappa shape index (κ3) is 3.31. The number of hydrogen-bond donors (Lipinski definition) is 1. The van der Waals surface area contributed by atoms with Crippen molar-refractivity contribution in [2.24, 2.45) is 0 Å². The van der Waals surface area contributed by atoms with Crippen LogP contribution in [0.4, 0.5) is 0 Å². The number of hydrogen-bond acceptors (Lipinski definition) is 4. The van der Waals surface area contributed by atoms with E-state index in [1.807, 2.05) is 22.9 Å². The molecule has 0 fully saturated rings. The van der Waals surface area contributed by atoms with E-state index in [0.29, 0.717) is 6.04 Å². The van der Waals surface area contributed by atoms with Crippen LogP contribution in [0.2, 0.25) is 0 Å². The van der Waals surface area contributed by atoms with Gasteiger partial charge in [0.2, 0.25) is 0 Å². The van der Waals surface area contributed by atoms with Gasteiger partial charge >= 0.3 is 0 Å². The molecule has 110 valence electrons. The van der Waals surface area contributed by atoms with Crippen LogP contribution in [0.5, 0.6) is 5.75 Å². The van der Waals surface area contributed by atoms with Gasteiger partial charge in [-0.1, -0.05) is 30.4 Å². The molecular formula is C16H20N4O. The Balaban J connectivity index is 1.51. The fourth-order valence-electron chi connectivity index (χ4n) is 2.63. The highest BCUT2D eigenvalue weighted by Crippen LogP contribution is 2.18. The molecule has 5 nitrogen and oxygen atoms in total. The predicted octanol–water partition coefficient (Wildman–Crippen LogP) is 1.90. The zero-order valence-corrected chi connectivity index (χ0v) is 12.2. The minimum atomic E-state index is 0.460. The first-order valence-electron chi connectivity index (χ1n) is 7.26. The summed E-state index contributed by atoms with van der Waals surface area (Å²) in [5.41, 5.74) is 1.10. The van der Waals surface area contributed by atoms with Gasteiger partial charge in [-0.3, -0.25) is 0 Å². The zero-order chi connectivity index (χ0) is 14.5. The lowest BCUT2D eigenvalue weighted by atomic mass is 10.1. The normalized spacial score (nSPS) is 17.9. The molecule has 0 amide bonds. The van der Waals surface area contributed by atoms with Crippen molar-refractivity contribution < 1.29 is 4.74 Å². The van der Waals surface area contributed by atoms with E-state index in [-0.39, 0.29) is 0 Å². The molecule has 1 N–H and O–H groups in total. The van der Waals surface area contributed by atoms with Crippen LogP contribution in [0.25, 0.3) is 6.08 Å². The average Bonchev–Trinajstić information content (AvgIpc) is 2.99. The van der Waals surface area contributed by atoms with Gasteiger partial charge < -0.3 is 10.1 Å². The molecule has 2 aromatic rings. The number of ether oxygens (including phenoxy) is 1. The van der Waals surface area contributed by atoms with Crippen LogP contribution in [0.15, 0.2) is 36.7 Å². The first kappa shape index (κ1) is 13.8. The van der Waals surface area contributed by atoms with E-state index >= 15 is 0 Å². The Morgan fingerprint density at radius 3 is 3.24 bits per heavy atom. The van der Waals surface area contributed by atoms with E-state index < -0.39 is 0 Å². The highest BCUT2D eigenvalue weighted by Gasteiger charge is 2.18. The third-order valence-electron chi connectivity index (χ3n) is 3.77. The highest BCUT2D eigenvalue weighted by atomic mass is 16.5. The van der Waals surface area contributed by atoms with Crippen molar-refractivity contribution in [1.82, 2.24) is 20.1 Å². The van der Waals surface area contributed by atoms with Gasteiger partial charge in [0, 0.05) is 24.6 Å². The summed E-state index contributed by atoms with van der Waals surface area (Å²) in [7, 11) is 1.70. The van der Waals surface area contributed by atoms with Crippen molar-refractivity contribution in [3.8, 4) is 5.75 Å². The van der Waals surface area contributed by atoms with Crippen LogP contribution in [0, 0.1) is 0 Å². The number of benzene rings is 1. The number of nitrogens with one attached hydrogen (secondary N) is 1. The summed E-state index contributed by atoms with van der Waals surface area (Å²) in [4.78, 5) is 4.24. The molecule has 1 aromatic heterocycles. The van der Waals surface area contributed by atoms with Gasteiger partial charge in [0.15, 0.2) is 0 Å². The van der Waals surface area contributed by atoms with E-state index in [2.05, 4.69) is 33.6 Å². The van der Waals surface area contributed by atoms with Gasteiger partial charge in [0.05, 0.1) is 13.7 Å². The molecule has 1 aromatic carbocycles. The lowest BCUT2D eigenvalue weighted by molar-refractivity contribution is 0.369. The average molecular weight is 284 g/mol. The number of fused-ring (bicyclic) bond motifs is 1. The summed E-state index contributed by atoms with van der Waals surface area (Å²) in [6.45, 7) is 1.74. The van der Waals surface area contributed by atoms with Gasteiger partial charge in [0.1, 0.15) is 17.9 Å². The Morgan fingerprint density at radius 2 is 2.33 bits per heavy atom. The second kappa shape index (κ2) is 6.54. The summed E-state index contributed by atoms with van der Waals surface area (Å²) < 4.78 is 7.32. The third-order valence-corrected chi connectivity index (χ3v) is 3.77. The van der Waals surface area contributed by atoms with E-state index in [1.54, 1.807) is 13.4 Å². The fraction of sp³-hybridized carbons (Fsp3) is 0.375. The number of aromatic nitrogens is 3. The molecular weight excluding hydrogens is 264 g/mol. The maximum Gasteiger partial charge on any atom is 0.138 e. The van der Waals surface area contributed by atoms with Gasteiger partial charge in [0.25, 0.3) is 0 Å². The van der Waals surface area contributed by atoms with Crippen molar-refractivity contribution in [2.75, 3.05) is 13.7 Å². The molecule has 21 heavy (non-hydrogen) atoms. The molecule has 0 aliphatic carbocycles. The molecule has 0 radical (unpaired) electrons. The minimum Gasteiger partial charge on any atom is -0.496 e. The summed E-state index contributed by atoms with van der Waals surface area (Å²) in [6, 6.07) is 8.48. The first-order valence-corrected chi connectivity index (χ1v) is 7.26. The topological polar surface area (TPSA) is 52.0 Å².